The minimum atomic E-state index is -3.39. The normalized spacial score (nSPS) is 18.0. The highest BCUT2D eigenvalue weighted by molar-refractivity contribution is 7.93. The molecule has 1 aliphatic heterocycles. The van der Waals surface area contributed by atoms with E-state index in [-0.39, 0.29) is 23.9 Å². The van der Waals surface area contributed by atoms with E-state index in [0.29, 0.717) is 30.9 Å². The molecule has 1 atom stereocenters. The Kier molecular flexibility index (Phi) is 5.62. The van der Waals surface area contributed by atoms with Gasteiger partial charge >= 0.3 is 0 Å². The topological polar surface area (TPSA) is 66.5 Å². The van der Waals surface area contributed by atoms with Crippen molar-refractivity contribution in [1.82, 2.24) is 5.32 Å². The van der Waals surface area contributed by atoms with Crippen LogP contribution in [0.15, 0.2) is 18.2 Å². The Morgan fingerprint density at radius 1 is 1.43 bits per heavy atom. The van der Waals surface area contributed by atoms with Crippen molar-refractivity contribution in [2.45, 2.75) is 39.7 Å². The third kappa shape index (κ3) is 4.43. The number of nitrogens with one attached hydrogen (secondary N) is 1. The monoisotopic (exact) mass is 342 g/mol. The second kappa shape index (κ2) is 7.29. The molecular weight excluding hydrogens is 319 g/mol. The van der Waals surface area contributed by atoms with Crippen molar-refractivity contribution >= 4 is 21.6 Å². The van der Waals surface area contributed by atoms with Crippen LogP contribution < -0.4 is 9.62 Å². The zero-order valence-electron chi connectivity index (χ0n) is 13.5. The summed E-state index contributed by atoms with van der Waals surface area (Å²) in [5.74, 6) is -0.274. The molecule has 1 fully saturated rings. The van der Waals surface area contributed by atoms with Crippen LogP contribution in [0.25, 0.3) is 0 Å². The summed E-state index contributed by atoms with van der Waals surface area (Å²) in [6.07, 6.45) is 1.89. The Morgan fingerprint density at radius 3 is 2.74 bits per heavy atom. The van der Waals surface area contributed by atoms with Crippen LogP contribution in [-0.4, -0.2) is 26.6 Å². The maximum atomic E-state index is 14.2. The number of carbonyl (C=O) groups is 1. The molecular formula is C16H23FN2O3S. The number of nitrogens with zero attached hydrogens (tertiary/aromatic N) is 1. The minimum Gasteiger partial charge on any atom is -0.352 e. The molecule has 0 aliphatic carbocycles. The van der Waals surface area contributed by atoms with Crippen molar-refractivity contribution < 1.29 is 17.6 Å². The van der Waals surface area contributed by atoms with Gasteiger partial charge < -0.3 is 5.32 Å². The summed E-state index contributed by atoms with van der Waals surface area (Å²) in [7, 11) is -3.39. The van der Waals surface area contributed by atoms with E-state index in [1.54, 1.807) is 6.07 Å². The molecule has 1 saturated heterocycles. The molecule has 1 aromatic carbocycles. The largest absolute Gasteiger partial charge is 0.352 e. The summed E-state index contributed by atoms with van der Waals surface area (Å²) in [5, 5.41) is 2.76. The standard InChI is InChI=1S/C16H23FN2O3S/c1-3-12(2)9-16(20)18-11-13-5-6-15(14(17)10-13)19-7-4-8-23(19,21)22/h5-6,10,12H,3-4,7-9,11H2,1-2H3,(H,18,20)/t12-/m1/s1. The van der Waals surface area contributed by atoms with E-state index < -0.39 is 15.8 Å². The minimum absolute atomic E-state index is 0.0554. The molecule has 0 aromatic heterocycles. The van der Waals surface area contributed by atoms with E-state index >= 15 is 0 Å². The Hall–Kier alpha value is -1.63. The van der Waals surface area contributed by atoms with Crippen molar-refractivity contribution in [1.29, 1.82) is 0 Å². The van der Waals surface area contributed by atoms with E-state index in [1.165, 1.54) is 12.1 Å². The zero-order valence-corrected chi connectivity index (χ0v) is 14.3. The third-order valence-electron chi connectivity index (χ3n) is 4.10. The molecule has 23 heavy (non-hydrogen) atoms. The number of hydrogen-bond acceptors (Lipinski definition) is 3. The average Bonchev–Trinajstić information content (AvgIpc) is 2.84. The van der Waals surface area contributed by atoms with Crippen LogP contribution in [0.5, 0.6) is 0 Å². The van der Waals surface area contributed by atoms with Crippen LogP contribution in [0, 0.1) is 11.7 Å². The highest BCUT2D eigenvalue weighted by Crippen LogP contribution is 2.27. The van der Waals surface area contributed by atoms with Crippen molar-refractivity contribution in [3.05, 3.63) is 29.6 Å². The van der Waals surface area contributed by atoms with Gasteiger partial charge in [0, 0.05) is 19.5 Å². The molecule has 0 unspecified atom stereocenters. The first-order valence-corrected chi connectivity index (χ1v) is 9.50. The van der Waals surface area contributed by atoms with Gasteiger partial charge in [0.05, 0.1) is 11.4 Å². The van der Waals surface area contributed by atoms with Crippen LogP contribution in [0.2, 0.25) is 0 Å². The maximum Gasteiger partial charge on any atom is 0.235 e. The summed E-state index contributed by atoms with van der Waals surface area (Å²) >= 11 is 0. The highest BCUT2D eigenvalue weighted by Gasteiger charge is 2.30. The highest BCUT2D eigenvalue weighted by atomic mass is 32.2. The number of hydrogen-bond donors (Lipinski definition) is 1. The number of halogens is 1. The number of anilines is 1. The van der Waals surface area contributed by atoms with E-state index in [1.807, 2.05) is 13.8 Å². The second-order valence-electron chi connectivity index (χ2n) is 6.02. The quantitative estimate of drug-likeness (QED) is 0.863. The van der Waals surface area contributed by atoms with E-state index in [9.17, 15) is 17.6 Å². The van der Waals surface area contributed by atoms with Gasteiger partial charge in [-0.1, -0.05) is 26.3 Å². The predicted molar refractivity (Wildman–Crippen MR) is 88.1 cm³/mol. The lowest BCUT2D eigenvalue weighted by Gasteiger charge is -2.18. The van der Waals surface area contributed by atoms with Crippen LogP contribution in [-0.2, 0) is 21.4 Å². The number of sulfonamides is 1. The first-order chi connectivity index (χ1) is 10.8. The summed E-state index contributed by atoms with van der Waals surface area (Å²) < 4.78 is 39.0. The molecule has 1 amide bonds. The van der Waals surface area contributed by atoms with Gasteiger partial charge in [-0.05, 0) is 30.0 Å². The van der Waals surface area contributed by atoms with Gasteiger partial charge in [0.2, 0.25) is 15.9 Å². The first-order valence-electron chi connectivity index (χ1n) is 7.89. The second-order valence-corrected chi connectivity index (χ2v) is 8.03. The molecule has 7 heteroatoms. The van der Waals surface area contributed by atoms with Crippen molar-refractivity contribution in [3.63, 3.8) is 0 Å². The summed E-state index contributed by atoms with van der Waals surface area (Å²) in [6.45, 7) is 4.58. The lowest BCUT2D eigenvalue weighted by Crippen LogP contribution is -2.26. The van der Waals surface area contributed by atoms with Gasteiger partial charge in [0.25, 0.3) is 0 Å². The molecule has 5 nitrogen and oxygen atoms in total. The molecule has 0 spiro atoms. The summed E-state index contributed by atoms with van der Waals surface area (Å²) in [5.41, 5.74) is 0.692. The smallest absolute Gasteiger partial charge is 0.235 e. The van der Waals surface area contributed by atoms with Gasteiger partial charge in [-0.15, -0.1) is 0 Å². The number of amides is 1. The zero-order chi connectivity index (χ0) is 17.0. The molecule has 0 saturated carbocycles. The molecule has 1 aromatic rings. The third-order valence-corrected chi connectivity index (χ3v) is 5.96. The average molecular weight is 342 g/mol. The molecule has 0 radical (unpaired) electrons. The fraction of sp³-hybridized carbons (Fsp3) is 0.562. The van der Waals surface area contributed by atoms with E-state index in [2.05, 4.69) is 5.32 Å². The lowest BCUT2D eigenvalue weighted by atomic mass is 10.1. The SMILES string of the molecule is CC[C@@H](C)CC(=O)NCc1ccc(N2CCCS2(=O)=O)c(F)c1. The predicted octanol–water partition coefficient (Wildman–Crippen LogP) is 2.42. The summed E-state index contributed by atoms with van der Waals surface area (Å²) in [6, 6.07) is 4.40. The molecule has 128 valence electrons. The van der Waals surface area contributed by atoms with Crippen LogP contribution in [0.4, 0.5) is 10.1 Å². The van der Waals surface area contributed by atoms with Crippen LogP contribution in [0.1, 0.15) is 38.7 Å². The Balaban J connectivity index is 2.01. The molecule has 2 rings (SSSR count). The molecule has 1 aliphatic rings. The van der Waals surface area contributed by atoms with Gasteiger partial charge in [0.1, 0.15) is 5.82 Å². The van der Waals surface area contributed by atoms with Gasteiger partial charge in [-0.2, -0.15) is 0 Å². The number of rotatable bonds is 6. The van der Waals surface area contributed by atoms with Gasteiger partial charge in [-0.3, -0.25) is 9.10 Å². The van der Waals surface area contributed by atoms with Gasteiger partial charge in [0.15, 0.2) is 0 Å². The number of benzene rings is 1. The maximum absolute atomic E-state index is 14.2. The van der Waals surface area contributed by atoms with Crippen LogP contribution >= 0.6 is 0 Å². The van der Waals surface area contributed by atoms with E-state index in [0.717, 1.165) is 10.7 Å². The van der Waals surface area contributed by atoms with Crippen LogP contribution in [0.3, 0.4) is 0 Å². The fourth-order valence-corrected chi connectivity index (χ4v) is 4.08. The van der Waals surface area contributed by atoms with Crippen molar-refractivity contribution in [2.75, 3.05) is 16.6 Å². The van der Waals surface area contributed by atoms with Gasteiger partial charge in [-0.25, -0.2) is 12.8 Å². The van der Waals surface area contributed by atoms with E-state index in [4.69, 9.17) is 0 Å². The van der Waals surface area contributed by atoms with Crippen molar-refractivity contribution in [2.24, 2.45) is 5.92 Å². The van der Waals surface area contributed by atoms with Crippen molar-refractivity contribution in [3.8, 4) is 0 Å². The lowest BCUT2D eigenvalue weighted by molar-refractivity contribution is -0.122. The fourth-order valence-electron chi connectivity index (χ4n) is 2.51. The molecule has 0 bridgehead atoms. The Labute approximate surface area is 136 Å². The molecule has 1 N–H and O–H groups in total. The summed E-state index contributed by atoms with van der Waals surface area (Å²) in [4.78, 5) is 11.7. The first kappa shape index (κ1) is 17.7. The Morgan fingerprint density at radius 2 is 2.17 bits per heavy atom. The number of carbonyl (C=O) groups excluding carboxylic acids is 1. The Bertz CT molecular complexity index is 676. The molecule has 1 heterocycles.